The Labute approximate surface area is 149 Å². The largest absolute Gasteiger partial charge is 0.286 e. The van der Waals surface area contributed by atoms with Crippen molar-refractivity contribution in [3.05, 3.63) is 75.8 Å². The molecule has 0 aliphatic rings. The Balaban J connectivity index is 1.66. The van der Waals surface area contributed by atoms with E-state index in [0.717, 1.165) is 16.1 Å². The standard InChI is InChI=1S/C18H15ClN2O2S/c1-12-16(17(22)21-23-11-13-5-3-2-4-6-13)24-18(20-12)14-7-9-15(19)10-8-14/h2-10H,11H2,1H3,(H,21,22). The Morgan fingerprint density at radius 2 is 1.88 bits per heavy atom. The highest BCUT2D eigenvalue weighted by Gasteiger charge is 2.16. The maximum Gasteiger partial charge on any atom is 0.286 e. The smallest absolute Gasteiger partial charge is 0.269 e. The second-order valence-electron chi connectivity index (χ2n) is 5.15. The average Bonchev–Trinajstić information content (AvgIpc) is 2.98. The van der Waals surface area contributed by atoms with Crippen LogP contribution in [-0.4, -0.2) is 10.9 Å². The molecule has 1 N–H and O–H groups in total. The zero-order chi connectivity index (χ0) is 16.9. The summed E-state index contributed by atoms with van der Waals surface area (Å²) in [6.07, 6.45) is 0. The van der Waals surface area contributed by atoms with Crippen molar-refractivity contribution in [3.63, 3.8) is 0 Å². The second-order valence-corrected chi connectivity index (χ2v) is 6.58. The van der Waals surface area contributed by atoms with Crippen molar-refractivity contribution in [2.45, 2.75) is 13.5 Å². The number of hydrogen-bond donors (Lipinski definition) is 1. The van der Waals surface area contributed by atoms with Crippen LogP contribution in [0.15, 0.2) is 54.6 Å². The molecule has 0 aliphatic carbocycles. The van der Waals surface area contributed by atoms with Crippen molar-refractivity contribution in [3.8, 4) is 10.6 Å². The number of amides is 1. The molecule has 1 heterocycles. The molecule has 3 rings (SSSR count). The lowest BCUT2D eigenvalue weighted by atomic mass is 10.2. The van der Waals surface area contributed by atoms with Crippen LogP contribution in [0, 0.1) is 6.92 Å². The molecule has 0 aliphatic heterocycles. The highest BCUT2D eigenvalue weighted by Crippen LogP contribution is 2.28. The molecule has 6 heteroatoms. The van der Waals surface area contributed by atoms with Crippen LogP contribution in [0.3, 0.4) is 0 Å². The van der Waals surface area contributed by atoms with E-state index < -0.39 is 0 Å². The molecule has 0 saturated carbocycles. The van der Waals surface area contributed by atoms with Crippen LogP contribution in [0.25, 0.3) is 10.6 Å². The third-order valence-corrected chi connectivity index (χ3v) is 4.80. The first-order valence-corrected chi connectivity index (χ1v) is 8.52. The molecular weight excluding hydrogens is 344 g/mol. The van der Waals surface area contributed by atoms with Crippen molar-refractivity contribution in [2.75, 3.05) is 0 Å². The van der Waals surface area contributed by atoms with Crippen LogP contribution >= 0.6 is 22.9 Å². The Kier molecular flexibility index (Phi) is 5.25. The van der Waals surface area contributed by atoms with Crippen LogP contribution in [0.5, 0.6) is 0 Å². The summed E-state index contributed by atoms with van der Waals surface area (Å²) in [4.78, 5) is 22.5. The second kappa shape index (κ2) is 7.57. The molecule has 1 aromatic heterocycles. The van der Waals surface area contributed by atoms with E-state index in [1.165, 1.54) is 11.3 Å². The molecule has 0 bridgehead atoms. The van der Waals surface area contributed by atoms with E-state index in [0.29, 0.717) is 22.2 Å². The van der Waals surface area contributed by atoms with Gasteiger partial charge in [0, 0.05) is 10.6 Å². The summed E-state index contributed by atoms with van der Waals surface area (Å²) in [7, 11) is 0. The molecule has 1 amide bonds. The molecular formula is C18H15ClN2O2S. The summed E-state index contributed by atoms with van der Waals surface area (Å²) >= 11 is 7.22. The van der Waals surface area contributed by atoms with Crippen molar-refractivity contribution >= 4 is 28.8 Å². The maximum absolute atomic E-state index is 12.3. The summed E-state index contributed by atoms with van der Waals surface area (Å²) in [6, 6.07) is 17.0. The SMILES string of the molecule is Cc1nc(-c2ccc(Cl)cc2)sc1C(=O)NOCc1ccccc1. The van der Waals surface area contributed by atoms with Gasteiger partial charge in [-0.25, -0.2) is 10.5 Å². The van der Waals surface area contributed by atoms with Crippen LogP contribution in [0.4, 0.5) is 0 Å². The highest BCUT2D eigenvalue weighted by atomic mass is 35.5. The number of hydrogen-bond acceptors (Lipinski definition) is 4. The summed E-state index contributed by atoms with van der Waals surface area (Å²) in [5.74, 6) is -0.291. The van der Waals surface area contributed by atoms with E-state index in [2.05, 4.69) is 10.5 Å². The normalized spacial score (nSPS) is 10.6. The highest BCUT2D eigenvalue weighted by molar-refractivity contribution is 7.17. The van der Waals surface area contributed by atoms with Gasteiger partial charge >= 0.3 is 0 Å². The fourth-order valence-electron chi connectivity index (χ4n) is 2.13. The van der Waals surface area contributed by atoms with E-state index in [-0.39, 0.29) is 5.91 Å². The predicted octanol–water partition coefficient (Wildman–Crippen LogP) is 4.63. The topological polar surface area (TPSA) is 51.2 Å². The van der Waals surface area contributed by atoms with Crippen molar-refractivity contribution < 1.29 is 9.63 Å². The lowest BCUT2D eigenvalue weighted by Crippen LogP contribution is -2.23. The Hall–Kier alpha value is -2.21. The van der Waals surface area contributed by atoms with E-state index in [9.17, 15) is 4.79 Å². The first kappa shape index (κ1) is 16.6. The van der Waals surface area contributed by atoms with Gasteiger partial charge in [0.05, 0.1) is 12.3 Å². The zero-order valence-corrected chi connectivity index (χ0v) is 14.5. The van der Waals surface area contributed by atoms with E-state index >= 15 is 0 Å². The number of halogens is 1. The fourth-order valence-corrected chi connectivity index (χ4v) is 3.21. The number of thiazole rings is 1. The molecule has 0 unspecified atom stereocenters. The molecule has 0 radical (unpaired) electrons. The minimum Gasteiger partial charge on any atom is -0.269 e. The minimum atomic E-state index is -0.291. The maximum atomic E-state index is 12.3. The first-order valence-electron chi connectivity index (χ1n) is 7.33. The number of nitrogens with one attached hydrogen (secondary N) is 1. The number of aryl methyl sites for hydroxylation is 1. The summed E-state index contributed by atoms with van der Waals surface area (Å²) in [6.45, 7) is 2.12. The number of rotatable bonds is 5. The van der Waals surface area contributed by atoms with Gasteiger partial charge in [-0.15, -0.1) is 11.3 Å². The van der Waals surface area contributed by atoms with Gasteiger partial charge in [-0.1, -0.05) is 54.1 Å². The fraction of sp³-hybridized carbons (Fsp3) is 0.111. The number of carbonyl (C=O) groups is 1. The van der Waals surface area contributed by atoms with E-state index in [4.69, 9.17) is 16.4 Å². The zero-order valence-electron chi connectivity index (χ0n) is 13.0. The summed E-state index contributed by atoms with van der Waals surface area (Å²) in [5.41, 5.74) is 5.06. The predicted molar refractivity (Wildman–Crippen MR) is 96.0 cm³/mol. The quantitative estimate of drug-likeness (QED) is 0.676. The van der Waals surface area contributed by atoms with Crippen molar-refractivity contribution in [1.82, 2.24) is 10.5 Å². The van der Waals surface area contributed by atoms with Gasteiger partial charge in [0.2, 0.25) is 0 Å². The van der Waals surface area contributed by atoms with Gasteiger partial charge in [0.25, 0.3) is 5.91 Å². The van der Waals surface area contributed by atoms with Gasteiger partial charge in [-0.3, -0.25) is 9.63 Å². The molecule has 0 atom stereocenters. The molecule has 24 heavy (non-hydrogen) atoms. The molecule has 0 spiro atoms. The average molecular weight is 359 g/mol. The van der Waals surface area contributed by atoms with Gasteiger partial charge in [-0.2, -0.15) is 0 Å². The number of benzene rings is 2. The number of carbonyl (C=O) groups excluding carboxylic acids is 1. The lowest BCUT2D eigenvalue weighted by molar-refractivity contribution is 0.0236. The summed E-state index contributed by atoms with van der Waals surface area (Å²) < 4.78 is 0. The Morgan fingerprint density at radius 3 is 2.58 bits per heavy atom. The first-order chi connectivity index (χ1) is 11.6. The van der Waals surface area contributed by atoms with Gasteiger partial charge < -0.3 is 0 Å². The van der Waals surface area contributed by atoms with E-state index in [1.54, 1.807) is 12.1 Å². The van der Waals surface area contributed by atoms with Crippen LogP contribution in [0.1, 0.15) is 20.9 Å². The van der Waals surface area contributed by atoms with Crippen LogP contribution < -0.4 is 5.48 Å². The van der Waals surface area contributed by atoms with Crippen LogP contribution in [0.2, 0.25) is 5.02 Å². The molecule has 122 valence electrons. The third kappa shape index (κ3) is 4.00. The molecule has 2 aromatic carbocycles. The number of aromatic nitrogens is 1. The number of hydroxylamine groups is 1. The van der Waals surface area contributed by atoms with Crippen molar-refractivity contribution in [1.29, 1.82) is 0 Å². The van der Waals surface area contributed by atoms with E-state index in [1.807, 2.05) is 49.4 Å². The van der Waals surface area contributed by atoms with Crippen LogP contribution in [-0.2, 0) is 11.4 Å². The molecule has 0 fully saturated rings. The summed E-state index contributed by atoms with van der Waals surface area (Å²) in [5, 5.41) is 1.44. The van der Waals surface area contributed by atoms with Gasteiger partial charge in [0.15, 0.2) is 0 Å². The third-order valence-electron chi connectivity index (χ3n) is 3.34. The number of nitrogens with zero attached hydrogens (tertiary/aromatic N) is 1. The van der Waals surface area contributed by atoms with Gasteiger partial charge in [-0.05, 0) is 24.6 Å². The Bertz CT molecular complexity index is 832. The molecule has 4 nitrogen and oxygen atoms in total. The monoisotopic (exact) mass is 358 g/mol. The molecule has 0 saturated heterocycles. The minimum absolute atomic E-state index is 0.291. The Morgan fingerprint density at radius 1 is 1.17 bits per heavy atom. The van der Waals surface area contributed by atoms with Gasteiger partial charge in [0.1, 0.15) is 9.88 Å². The lowest BCUT2D eigenvalue weighted by Gasteiger charge is -2.04. The van der Waals surface area contributed by atoms with Crippen molar-refractivity contribution in [2.24, 2.45) is 0 Å². The molecule has 3 aromatic rings.